The van der Waals surface area contributed by atoms with Crippen LogP contribution in [0.4, 0.5) is 0 Å². The molecule has 4 aromatic carbocycles. The van der Waals surface area contributed by atoms with E-state index in [1.54, 1.807) is 45.3 Å². The van der Waals surface area contributed by atoms with E-state index in [0.717, 1.165) is 20.9 Å². The summed E-state index contributed by atoms with van der Waals surface area (Å²) in [6.07, 6.45) is 3.93. The van der Waals surface area contributed by atoms with E-state index in [9.17, 15) is 10.2 Å². The van der Waals surface area contributed by atoms with Gasteiger partial charge in [0.2, 0.25) is 0 Å². The SMILES string of the molecule is C=CC=C(C)c1ccc(CC(O)c2cc3sc4cc5c(cc4c3s2)sc2cc(C(O)Cc3ccc(-c4ccc(C)cc4)cc3)sc25)cc1. The first kappa shape index (κ1) is 31.4. The molecule has 0 aliphatic carbocycles. The van der Waals surface area contributed by atoms with Gasteiger partial charge in [-0.2, -0.15) is 0 Å². The zero-order valence-corrected chi connectivity index (χ0v) is 30.0. The molecule has 0 bridgehead atoms. The largest absolute Gasteiger partial charge is 0.387 e. The normalized spacial score (nSPS) is 13.6. The fourth-order valence-electron chi connectivity index (χ4n) is 6.36. The van der Waals surface area contributed by atoms with Crippen LogP contribution >= 0.6 is 45.3 Å². The Labute approximate surface area is 296 Å². The number of thiophene rings is 4. The molecule has 2 N–H and O–H groups in total. The second-order valence-corrected chi connectivity index (χ2v) is 16.9. The lowest BCUT2D eigenvalue weighted by Gasteiger charge is -2.10. The number of aliphatic hydroxyl groups excluding tert-OH is 2. The Balaban J connectivity index is 1.00. The van der Waals surface area contributed by atoms with E-state index in [4.69, 9.17) is 0 Å². The molecule has 0 fully saturated rings. The van der Waals surface area contributed by atoms with Gasteiger partial charge in [-0.3, -0.25) is 0 Å². The fraction of sp³-hybridized carbons (Fsp3) is 0.143. The van der Waals surface area contributed by atoms with Crippen LogP contribution in [0.2, 0.25) is 0 Å². The third-order valence-electron chi connectivity index (χ3n) is 9.08. The summed E-state index contributed by atoms with van der Waals surface area (Å²) in [5.41, 5.74) is 8.27. The van der Waals surface area contributed by atoms with Crippen molar-refractivity contribution in [2.24, 2.45) is 0 Å². The van der Waals surface area contributed by atoms with E-state index in [0.29, 0.717) is 12.8 Å². The summed E-state index contributed by atoms with van der Waals surface area (Å²) >= 11 is 7.04. The van der Waals surface area contributed by atoms with Crippen LogP contribution in [0.15, 0.2) is 116 Å². The van der Waals surface area contributed by atoms with Crippen molar-refractivity contribution in [2.45, 2.75) is 38.9 Å². The minimum atomic E-state index is -0.535. The number of aliphatic hydroxyl groups is 2. The number of allylic oxidation sites excluding steroid dienone is 3. The van der Waals surface area contributed by atoms with Crippen LogP contribution in [0.25, 0.3) is 55.7 Å². The summed E-state index contributed by atoms with van der Waals surface area (Å²) in [4.78, 5) is 2.03. The Kier molecular flexibility index (Phi) is 8.41. The van der Waals surface area contributed by atoms with Crippen molar-refractivity contribution in [1.82, 2.24) is 0 Å². The van der Waals surface area contributed by atoms with Crippen molar-refractivity contribution in [3.05, 3.63) is 148 Å². The molecule has 0 aliphatic heterocycles. The molecule has 8 aromatic rings. The average molecular weight is 699 g/mol. The first-order chi connectivity index (χ1) is 23.3. The maximum Gasteiger partial charge on any atom is 0.0922 e. The number of aryl methyl sites for hydroxylation is 1. The second-order valence-electron chi connectivity index (χ2n) is 12.5. The maximum atomic E-state index is 11.2. The average Bonchev–Trinajstić information content (AvgIpc) is 3.85. The van der Waals surface area contributed by atoms with Gasteiger partial charge < -0.3 is 10.2 Å². The fourth-order valence-corrected chi connectivity index (χ4v) is 11.4. The topological polar surface area (TPSA) is 40.5 Å². The summed E-state index contributed by atoms with van der Waals surface area (Å²) in [6, 6.07) is 34.6. The predicted molar refractivity (Wildman–Crippen MR) is 212 cm³/mol. The second kappa shape index (κ2) is 12.9. The van der Waals surface area contributed by atoms with E-state index >= 15 is 0 Å². The molecule has 0 amide bonds. The molecular formula is C42H34O2S4. The van der Waals surface area contributed by atoms with Crippen LogP contribution in [0.1, 0.15) is 51.1 Å². The molecule has 238 valence electrons. The van der Waals surface area contributed by atoms with Crippen molar-refractivity contribution in [2.75, 3.05) is 0 Å². The summed E-state index contributed by atoms with van der Waals surface area (Å²) in [5, 5.41) is 24.9. The molecule has 4 aromatic heterocycles. The van der Waals surface area contributed by atoms with E-state index < -0.39 is 12.2 Å². The zero-order chi connectivity index (χ0) is 32.9. The Morgan fingerprint density at radius 3 is 1.56 bits per heavy atom. The number of fused-ring (bicyclic) bond motifs is 6. The van der Waals surface area contributed by atoms with Crippen LogP contribution in [-0.4, -0.2) is 10.2 Å². The van der Waals surface area contributed by atoms with Gasteiger partial charge in [-0.15, -0.1) is 45.3 Å². The van der Waals surface area contributed by atoms with Crippen molar-refractivity contribution in [3.63, 3.8) is 0 Å². The number of hydrogen-bond donors (Lipinski definition) is 2. The zero-order valence-electron chi connectivity index (χ0n) is 26.7. The molecule has 0 saturated carbocycles. The lowest BCUT2D eigenvalue weighted by atomic mass is 10.0. The molecule has 2 atom stereocenters. The molecule has 2 unspecified atom stereocenters. The molecule has 0 radical (unpaired) electrons. The lowest BCUT2D eigenvalue weighted by molar-refractivity contribution is 0.182. The Hall–Kier alpha value is -3.88. The molecule has 4 heterocycles. The summed E-state index contributed by atoms with van der Waals surface area (Å²) in [5.74, 6) is 0. The van der Waals surface area contributed by atoms with Gasteiger partial charge in [0, 0.05) is 52.2 Å². The van der Waals surface area contributed by atoms with Gasteiger partial charge in [0.05, 0.1) is 21.6 Å². The molecule has 6 heteroatoms. The van der Waals surface area contributed by atoms with Crippen molar-refractivity contribution < 1.29 is 10.2 Å². The van der Waals surface area contributed by atoms with Crippen LogP contribution in [0.3, 0.4) is 0 Å². The molecule has 0 spiro atoms. The van der Waals surface area contributed by atoms with E-state index in [1.165, 1.54) is 66.8 Å². The van der Waals surface area contributed by atoms with Crippen LogP contribution < -0.4 is 0 Å². The van der Waals surface area contributed by atoms with E-state index in [-0.39, 0.29) is 0 Å². The van der Waals surface area contributed by atoms with Gasteiger partial charge in [0.25, 0.3) is 0 Å². The lowest BCUT2D eigenvalue weighted by Crippen LogP contribution is -1.99. The van der Waals surface area contributed by atoms with Crippen LogP contribution in [-0.2, 0) is 12.8 Å². The third kappa shape index (κ3) is 5.98. The minimum Gasteiger partial charge on any atom is -0.387 e. The van der Waals surface area contributed by atoms with E-state index in [1.807, 2.05) is 12.2 Å². The van der Waals surface area contributed by atoms with Crippen LogP contribution in [0, 0.1) is 6.92 Å². The van der Waals surface area contributed by atoms with Crippen molar-refractivity contribution >= 4 is 89.9 Å². The first-order valence-electron chi connectivity index (χ1n) is 16.1. The van der Waals surface area contributed by atoms with Gasteiger partial charge >= 0.3 is 0 Å². The van der Waals surface area contributed by atoms with E-state index in [2.05, 4.69) is 117 Å². The van der Waals surface area contributed by atoms with Crippen molar-refractivity contribution in [3.8, 4) is 11.1 Å². The van der Waals surface area contributed by atoms with Gasteiger partial charge in [0.15, 0.2) is 0 Å². The van der Waals surface area contributed by atoms with Crippen molar-refractivity contribution in [1.29, 1.82) is 0 Å². The van der Waals surface area contributed by atoms with Gasteiger partial charge in [-0.1, -0.05) is 97.1 Å². The number of hydrogen-bond acceptors (Lipinski definition) is 6. The molecule has 48 heavy (non-hydrogen) atoms. The third-order valence-corrected chi connectivity index (χ3v) is 14.1. The minimum absolute atomic E-state index is 0.535. The first-order valence-corrected chi connectivity index (χ1v) is 19.3. The monoisotopic (exact) mass is 698 g/mol. The quantitative estimate of drug-likeness (QED) is 0.147. The maximum absolute atomic E-state index is 11.2. The summed E-state index contributed by atoms with van der Waals surface area (Å²) in [6.45, 7) is 7.97. The Bertz CT molecular complexity index is 2450. The number of benzene rings is 4. The van der Waals surface area contributed by atoms with Crippen LogP contribution in [0.5, 0.6) is 0 Å². The highest BCUT2D eigenvalue weighted by molar-refractivity contribution is 7.34. The Morgan fingerprint density at radius 2 is 1.08 bits per heavy atom. The molecule has 2 nitrogen and oxygen atoms in total. The van der Waals surface area contributed by atoms with Gasteiger partial charge in [-0.25, -0.2) is 0 Å². The molecule has 0 aliphatic rings. The predicted octanol–water partition coefficient (Wildman–Crippen LogP) is 12.7. The highest BCUT2D eigenvalue weighted by Crippen LogP contribution is 2.47. The Morgan fingerprint density at radius 1 is 0.625 bits per heavy atom. The molecule has 8 rings (SSSR count). The molecule has 0 saturated heterocycles. The summed E-state index contributed by atoms with van der Waals surface area (Å²) < 4.78 is 7.52. The standard InChI is InChI=1S/C42H34O2S4/c1-4-5-25(3)28-14-8-26(9-15-28)18-33(43)37-22-39-41(47-37)31-20-36-32(21-35(31)45-39)42-40(46-36)23-38(48-42)34(44)19-27-10-16-30(17-11-27)29-12-6-24(2)7-13-29/h4-17,20-23,33-34,43-44H,1,18-19H2,2-3H3. The highest BCUT2D eigenvalue weighted by atomic mass is 32.1. The van der Waals surface area contributed by atoms with Gasteiger partial charge in [-0.05, 0) is 71.5 Å². The number of rotatable bonds is 9. The smallest absolute Gasteiger partial charge is 0.0922 e. The highest BCUT2D eigenvalue weighted by Gasteiger charge is 2.20. The summed E-state index contributed by atoms with van der Waals surface area (Å²) in [7, 11) is 0. The van der Waals surface area contributed by atoms with Gasteiger partial charge in [0.1, 0.15) is 0 Å². The molecular weight excluding hydrogens is 665 g/mol.